The molecule has 2 aliphatic heterocycles. The van der Waals surface area contributed by atoms with Gasteiger partial charge in [-0.1, -0.05) is 0 Å². The van der Waals surface area contributed by atoms with Crippen molar-refractivity contribution in [2.75, 3.05) is 26.2 Å². The van der Waals surface area contributed by atoms with Crippen molar-refractivity contribution >= 4 is 30.7 Å². The number of rotatable bonds is 0. The summed E-state index contributed by atoms with van der Waals surface area (Å²) in [6.45, 7) is 3.48. The summed E-state index contributed by atoms with van der Waals surface area (Å²) in [6.07, 6.45) is 2.05. The first-order chi connectivity index (χ1) is 5.83. The maximum absolute atomic E-state index is 11.6. The number of carbonyl (C=O) groups excluding carboxylic acids is 1. The van der Waals surface area contributed by atoms with Crippen LogP contribution in [0.4, 0.5) is 0 Å². The van der Waals surface area contributed by atoms with E-state index in [9.17, 15) is 4.79 Å². The zero-order chi connectivity index (χ0) is 8.44. The summed E-state index contributed by atoms with van der Waals surface area (Å²) in [5, 5.41) is 9.46. The molecule has 2 aliphatic rings. The molecule has 0 radical (unpaired) electrons. The van der Waals surface area contributed by atoms with Crippen molar-refractivity contribution < 1.29 is 4.79 Å². The fraction of sp³-hybridized carbons (Fsp3) is 0.875. The Kier molecular flexibility index (Phi) is 5.74. The highest BCUT2D eigenvalue weighted by molar-refractivity contribution is 5.87. The van der Waals surface area contributed by atoms with Crippen LogP contribution in [0.1, 0.15) is 12.8 Å². The maximum atomic E-state index is 11.6. The molecule has 0 aromatic carbocycles. The topological polar surface area (TPSA) is 53.2 Å². The first-order valence-corrected chi connectivity index (χ1v) is 4.58. The Bertz CT molecular complexity index is 187. The second kappa shape index (κ2) is 5.75. The van der Waals surface area contributed by atoms with E-state index >= 15 is 0 Å². The third-order valence-corrected chi connectivity index (χ3v) is 2.69. The molecule has 2 saturated heterocycles. The van der Waals surface area contributed by atoms with E-state index in [1.807, 2.05) is 0 Å². The van der Waals surface area contributed by atoms with Gasteiger partial charge >= 0.3 is 0 Å². The van der Waals surface area contributed by atoms with Crippen molar-refractivity contribution in [3.8, 4) is 0 Å². The molecule has 2 heterocycles. The highest BCUT2D eigenvalue weighted by Gasteiger charge is 2.40. The minimum Gasteiger partial charge on any atom is -0.353 e. The normalized spacial score (nSPS) is 31.3. The van der Waals surface area contributed by atoms with Crippen LogP contribution < -0.4 is 16.0 Å². The molecular weight excluding hydrogens is 225 g/mol. The van der Waals surface area contributed by atoms with Gasteiger partial charge in [0.15, 0.2) is 0 Å². The van der Waals surface area contributed by atoms with Gasteiger partial charge in [-0.2, -0.15) is 0 Å². The number of halogens is 2. The molecular formula is C8H17Cl2N3O. The Hall–Kier alpha value is -0.0300. The molecule has 1 atom stereocenters. The van der Waals surface area contributed by atoms with Gasteiger partial charge in [-0.3, -0.25) is 4.79 Å². The molecule has 0 aliphatic carbocycles. The summed E-state index contributed by atoms with van der Waals surface area (Å²) in [5.74, 6) is 0.168. The van der Waals surface area contributed by atoms with Crippen LogP contribution in [0.5, 0.6) is 0 Å². The summed E-state index contributed by atoms with van der Waals surface area (Å²) in [6, 6.07) is 0. The number of hydrogen-bond donors (Lipinski definition) is 3. The molecule has 0 saturated carbocycles. The molecule has 0 bridgehead atoms. The van der Waals surface area contributed by atoms with E-state index in [4.69, 9.17) is 0 Å². The second-order valence-corrected chi connectivity index (χ2v) is 3.55. The van der Waals surface area contributed by atoms with Crippen LogP contribution in [0.25, 0.3) is 0 Å². The number of piperazine rings is 1. The van der Waals surface area contributed by atoms with Crippen LogP contribution in [0.15, 0.2) is 0 Å². The minimum atomic E-state index is -0.295. The van der Waals surface area contributed by atoms with Crippen LogP contribution in [-0.4, -0.2) is 37.6 Å². The number of piperidine rings is 1. The van der Waals surface area contributed by atoms with Gasteiger partial charge in [0.2, 0.25) is 5.91 Å². The molecule has 2 rings (SSSR count). The van der Waals surface area contributed by atoms with Gasteiger partial charge in [-0.25, -0.2) is 0 Å². The maximum Gasteiger partial charge on any atom is 0.241 e. The Labute approximate surface area is 96.4 Å². The van der Waals surface area contributed by atoms with Crippen molar-refractivity contribution in [2.24, 2.45) is 0 Å². The van der Waals surface area contributed by atoms with E-state index in [2.05, 4.69) is 16.0 Å². The van der Waals surface area contributed by atoms with E-state index < -0.39 is 0 Å². The Balaban J connectivity index is 0.000000845. The van der Waals surface area contributed by atoms with Crippen molar-refractivity contribution in [3.05, 3.63) is 0 Å². The van der Waals surface area contributed by atoms with Gasteiger partial charge in [0.05, 0.1) is 0 Å². The van der Waals surface area contributed by atoms with Crippen molar-refractivity contribution in [1.82, 2.24) is 16.0 Å². The smallest absolute Gasteiger partial charge is 0.241 e. The zero-order valence-corrected chi connectivity index (χ0v) is 9.60. The van der Waals surface area contributed by atoms with Gasteiger partial charge < -0.3 is 16.0 Å². The average molecular weight is 242 g/mol. The lowest BCUT2D eigenvalue weighted by Gasteiger charge is -2.40. The summed E-state index contributed by atoms with van der Waals surface area (Å²) < 4.78 is 0. The standard InChI is InChI=1S/C8H15N3O.2ClH/c12-7-8(11-5-4-10-7)2-1-3-9-6-8;;/h9,11H,1-6H2,(H,10,12);2*1H. The summed E-state index contributed by atoms with van der Waals surface area (Å²) in [4.78, 5) is 11.6. The molecule has 2 fully saturated rings. The molecule has 0 aromatic rings. The SMILES string of the molecule is Cl.Cl.O=C1NCCNC12CCCNC2. The number of nitrogens with one attached hydrogen (secondary N) is 3. The van der Waals surface area contributed by atoms with Crippen LogP contribution in [-0.2, 0) is 4.79 Å². The van der Waals surface area contributed by atoms with E-state index in [1.165, 1.54) is 0 Å². The van der Waals surface area contributed by atoms with Crippen molar-refractivity contribution in [2.45, 2.75) is 18.4 Å². The summed E-state index contributed by atoms with van der Waals surface area (Å²) in [5.41, 5.74) is -0.295. The molecule has 0 aromatic heterocycles. The third-order valence-electron chi connectivity index (χ3n) is 2.69. The molecule has 1 amide bonds. The quantitative estimate of drug-likeness (QED) is 0.545. The van der Waals surface area contributed by atoms with E-state index in [-0.39, 0.29) is 36.3 Å². The minimum absolute atomic E-state index is 0. The predicted octanol–water partition coefficient (Wildman–Crippen LogP) is -0.328. The largest absolute Gasteiger partial charge is 0.353 e. The fourth-order valence-corrected chi connectivity index (χ4v) is 1.98. The number of carbonyl (C=O) groups is 1. The summed E-state index contributed by atoms with van der Waals surface area (Å²) >= 11 is 0. The lowest BCUT2D eigenvalue weighted by molar-refractivity contribution is -0.130. The van der Waals surface area contributed by atoms with Gasteiger partial charge in [-0.05, 0) is 19.4 Å². The third kappa shape index (κ3) is 2.51. The van der Waals surface area contributed by atoms with E-state index in [0.29, 0.717) is 0 Å². The predicted molar refractivity (Wildman–Crippen MR) is 60.3 cm³/mol. The second-order valence-electron chi connectivity index (χ2n) is 3.55. The van der Waals surface area contributed by atoms with Gasteiger partial charge in [-0.15, -0.1) is 24.8 Å². The Morgan fingerprint density at radius 1 is 1.14 bits per heavy atom. The van der Waals surface area contributed by atoms with Crippen molar-refractivity contribution in [3.63, 3.8) is 0 Å². The van der Waals surface area contributed by atoms with Crippen LogP contribution in [0, 0.1) is 0 Å². The van der Waals surface area contributed by atoms with Crippen molar-refractivity contribution in [1.29, 1.82) is 0 Å². The molecule has 6 heteroatoms. The lowest BCUT2D eigenvalue weighted by Crippen LogP contribution is -2.68. The fourth-order valence-electron chi connectivity index (χ4n) is 1.98. The molecule has 1 unspecified atom stereocenters. The number of hydrogen-bond acceptors (Lipinski definition) is 3. The lowest BCUT2D eigenvalue weighted by atomic mass is 9.88. The van der Waals surface area contributed by atoms with Gasteiger partial charge in [0.25, 0.3) is 0 Å². The highest BCUT2D eigenvalue weighted by Crippen LogP contribution is 2.17. The Morgan fingerprint density at radius 2 is 1.93 bits per heavy atom. The number of amides is 1. The highest BCUT2D eigenvalue weighted by atomic mass is 35.5. The average Bonchev–Trinajstić information content (AvgIpc) is 2.12. The van der Waals surface area contributed by atoms with Crippen LogP contribution >= 0.6 is 24.8 Å². The molecule has 3 N–H and O–H groups in total. The van der Waals surface area contributed by atoms with E-state index in [1.54, 1.807) is 0 Å². The summed E-state index contributed by atoms with van der Waals surface area (Å²) in [7, 11) is 0. The van der Waals surface area contributed by atoms with Crippen LogP contribution in [0.2, 0.25) is 0 Å². The molecule has 1 spiro atoms. The molecule has 4 nitrogen and oxygen atoms in total. The monoisotopic (exact) mass is 241 g/mol. The van der Waals surface area contributed by atoms with E-state index in [0.717, 1.165) is 39.0 Å². The van der Waals surface area contributed by atoms with Gasteiger partial charge in [0, 0.05) is 19.6 Å². The van der Waals surface area contributed by atoms with Gasteiger partial charge in [0.1, 0.15) is 5.54 Å². The first-order valence-electron chi connectivity index (χ1n) is 4.58. The first kappa shape index (κ1) is 14.0. The molecule has 14 heavy (non-hydrogen) atoms. The van der Waals surface area contributed by atoms with Crippen LogP contribution in [0.3, 0.4) is 0 Å². The zero-order valence-electron chi connectivity index (χ0n) is 7.97. The molecule has 84 valence electrons. The Morgan fingerprint density at radius 3 is 2.50 bits per heavy atom.